The van der Waals surface area contributed by atoms with E-state index < -0.39 is 11.4 Å². The molecule has 0 amide bonds. The number of rotatable bonds is 4. The molecule has 100 valence electrons. The van der Waals surface area contributed by atoms with E-state index in [-0.39, 0.29) is 5.60 Å². The first-order valence-electron chi connectivity index (χ1n) is 6.63. The van der Waals surface area contributed by atoms with Gasteiger partial charge in [0.25, 0.3) is 0 Å². The van der Waals surface area contributed by atoms with Gasteiger partial charge in [-0.25, -0.2) is 0 Å². The Bertz CT molecular complexity index is 257. The molecule has 1 rings (SSSR count). The van der Waals surface area contributed by atoms with E-state index in [0.717, 1.165) is 25.7 Å². The van der Waals surface area contributed by atoms with Crippen LogP contribution in [0.5, 0.6) is 0 Å². The van der Waals surface area contributed by atoms with Crippen LogP contribution in [0.25, 0.3) is 0 Å². The quantitative estimate of drug-likeness (QED) is 0.821. The van der Waals surface area contributed by atoms with Gasteiger partial charge in [0.05, 0.1) is 11.0 Å². The maximum Gasteiger partial charge on any atom is 0.309 e. The van der Waals surface area contributed by atoms with E-state index in [0.29, 0.717) is 18.9 Å². The Balaban J connectivity index is 2.52. The molecule has 0 aromatic carbocycles. The molecule has 0 unspecified atom stereocenters. The molecule has 1 aliphatic carbocycles. The highest BCUT2D eigenvalue weighted by atomic mass is 16.5. The van der Waals surface area contributed by atoms with Crippen LogP contribution < -0.4 is 0 Å². The Labute approximate surface area is 105 Å². The van der Waals surface area contributed by atoms with Gasteiger partial charge in [-0.05, 0) is 58.8 Å². The van der Waals surface area contributed by atoms with E-state index in [4.69, 9.17) is 4.74 Å². The summed E-state index contributed by atoms with van der Waals surface area (Å²) in [5.41, 5.74) is -0.709. The zero-order chi connectivity index (χ0) is 13.1. The third-order valence-electron chi connectivity index (χ3n) is 3.80. The van der Waals surface area contributed by atoms with Crippen LogP contribution in [-0.2, 0) is 9.53 Å². The molecule has 1 saturated carbocycles. The maximum atomic E-state index is 11.5. The topological polar surface area (TPSA) is 46.5 Å². The van der Waals surface area contributed by atoms with Crippen LogP contribution in [0.2, 0.25) is 0 Å². The second-order valence-electron chi connectivity index (χ2n) is 6.48. The van der Waals surface area contributed by atoms with Gasteiger partial charge in [-0.15, -0.1) is 0 Å². The Hall–Kier alpha value is -0.570. The Morgan fingerprint density at radius 3 is 2.29 bits per heavy atom. The highest BCUT2D eigenvalue weighted by molar-refractivity contribution is 5.74. The van der Waals surface area contributed by atoms with Crippen LogP contribution in [0.4, 0.5) is 0 Å². The molecule has 0 atom stereocenters. The van der Waals surface area contributed by atoms with Gasteiger partial charge in [0.15, 0.2) is 0 Å². The van der Waals surface area contributed by atoms with E-state index >= 15 is 0 Å². The molecule has 3 nitrogen and oxygen atoms in total. The molecule has 1 aliphatic rings. The average Bonchev–Trinajstić information content (AvgIpc) is 2.19. The van der Waals surface area contributed by atoms with E-state index in [2.05, 4.69) is 6.92 Å². The fourth-order valence-electron chi connectivity index (χ4n) is 2.44. The van der Waals surface area contributed by atoms with Gasteiger partial charge in [-0.1, -0.05) is 6.92 Å². The molecule has 3 heteroatoms. The second-order valence-corrected chi connectivity index (χ2v) is 6.48. The van der Waals surface area contributed by atoms with Crippen molar-refractivity contribution in [3.8, 4) is 0 Å². The van der Waals surface area contributed by atoms with Gasteiger partial charge in [0, 0.05) is 6.61 Å². The fraction of sp³-hybridized carbons (Fsp3) is 0.929. The Kier molecular flexibility index (Phi) is 4.59. The fourth-order valence-corrected chi connectivity index (χ4v) is 2.44. The largest absolute Gasteiger partial charge is 0.481 e. The van der Waals surface area contributed by atoms with E-state index in [9.17, 15) is 9.90 Å². The van der Waals surface area contributed by atoms with Crippen LogP contribution in [-0.4, -0.2) is 23.3 Å². The van der Waals surface area contributed by atoms with Crippen LogP contribution in [0.3, 0.4) is 0 Å². The first-order chi connectivity index (χ1) is 7.75. The standard InChI is InChI=1S/C14H26O3/c1-11-5-7-14(8-6-11,12(15)16)9-10-17-13(2,3)4/h11H,5-10H2,1-4H3,(H,15,16). The highest BCUT2D eigenvalue weighted by Crippen LogP contribution is 2.42. The molecule has 0 aromatic heterocycles. The summed E-state index contributed by atoms with van der Waals surface area (Å²) >= 11 is 0. The number of hydrogen-bond donors (Lipinski definition) is 1. The first kappa shape index (κ1) is 14.5. The molecule has 0 spiro atoms. The number of carboxylic acid groups (broad SMARTS) is 1. The van der Waals surface area contributed by atoms with Crippen LogP contribution >= 0.6 is 0 Å². The van der Waals surface area contributed by atoms with Crippen molar-refractivity contribution in [2.45, 2.75) is 65.4 Å². The molecular weight excluding hydrogens is 216 g/mol. The summed E-state index contributed by atoms with van der Waals surface area (Å²) in [4.78, 5) is 11.5. The molecule has 0 radical (unpaired) electrons. The smallest absolute Gasteiger partial charge is 0.309 e. The third-order valence-corrected chi connectivity index (χ3v) is 3.80. The van der Waals surface area contributed by atoms with Crippen molar-refractivity contribution in [3.05, 3.63) is 0 Å². The SMILES string of the molecule is CC1CCC(CCOC(C)(C)C)(C(=O)O)CC1. The summed E-state index contributed by atoms with van der Waals surface area (Å²) in [6.07, 6.45) is 4.31. The van der Waals surface area contributed by atoms with Crippen LogP contribution in [0, 0.1) is 11.3 Å². The van der Waals surface area contributed by atoms with Crippen molar-refractivity contribution < 1.29 is 14.6 Å². The number of carboxylic acids is 1. The van der Waals surface area contributed by atoms with Gasteiger partial charge in [-0.2, -0.15) is 0 Å². The Morgan fingerprint density at radius 1 is 1.35 bits per heavy atom. The third kappa shape index (κ3) is 4.30. The summed E-state index contributed by atoms with van der Waals surface area (Å²) in [6.45, 7) is 8.76. The van der Waals surface area contributed by atoms with Crippen molar-refractivity contribution in [2.24, 2.45) is 11.3 Å². The van der Waals surface area contributed by atoms with E-state index in [1.807, 2.05) is 20.8 Å². The van der Waals surface area contributed by atoms with Crippen LogP contribution in [0.1, 0.15) is 59.8 Å². The van der Waals surface area contributed by atoms with Gasteiger partial charge in [0.1, 0.15) is 0 Å². The van der Waals surface area contributed by atoms with Gasteiger partial charge < -0.3 is 9.84 Å². The molecule has 0 bridgehead atoms. The number of ether oxygens (including phenoxy) is 1. The molecule has 0 heterocycles. The summed E-state index contributed by atoms with van der Waals surface area (Å²) in [5.74, 6) is 0.0351. The summed E-state index contributed by atoms with van der Waals surface area (Å²) in [7, 11) is 0. The minimum absolute atomic E-state index is 0.179. The zero-order valence-corrected chi connectivity index (χ0v) is 11.6. The van der Waals surface area contributed by atoms with Gasteiger partial charge >= 0.3 is 5.97 Å². The van der Waals surface area contributed by atoms with Crippen molar-refractivity contribution in [1.29, 1.82) is 0 Å². The van der Waals surface area contributed by atoms with E-state index in [1.54, 1.807) is 0 Å². The molecule has 1 N–H and O–H groups in total. The van der Waals surface area contributed by atoms with Crippen LogP contribution in [0.15, 0.2) is 0 Å². The van der Waals surface area contributed by atoms with Crippen molar-refractivity contribution in [2.75, 3.05) is 6.61 Å². The Morgan fingerprint density at radius 2 is 1.88 bits per heavy atom. The zero-order valence-electron chi connectivity index (χ0n) is 11.6. The van der Waals surface area contributed by atoms with Crippen molar-refractivity contribution >= 4 is 5.97 Å². The molecule has 17 heavy (non-hydrogen) atoms. The lowest BCUT2D eigenvalue weighted by Gasteiger charge is -2.36. The molecule has 0 aromatic rings. The second kappa shape index (κ2) is 5.38. The molecule has 0 saturated heterocycles. The monoisotopic (exact) mass is 242 g/mol. The van der Waals surface area contributed by atoms with Gasteiger partial charge in [0.2, 0.25) is 0 Å². The summed E-state index contributed by atoms with van der Waals surface area (Å²) in [6, 6.07) is 0. The number of hydrogen-bond acceptors (Lipinski definition) is 2. The average molecular weight is 242 g/mol. The van der Waals surface area contributed by atoms with Crippen molar-refractivity contribution in [1.82, 2.24) is 0 Å². The lowest BCUT2D eigenvalue weighted by molar-refractivity contribution is -0.154. The lowest BCUT2D eigenvalue weighted by Crippen LogP contribution is -2.37. The number of carbonyl (C=O) groups is 1. The lowest BCUT2D eigenvalue weighted by atomic mass is 9.69. The minimum atomic E-state index is -0.637. The van der Waals surface area contributed by atoms with E-state index in [1.165, 1.54) is 0 Å². The highest BCUT2D eigenvalue weighted by Gasteiger charge is 2.40. The first-order valence-corrected chi connectivity index (χ1v) is 6.63. The summed E-state index contributed by atoms with van der Waals surface area (Å²) in [5, 5.41) is 9.45. The predicted octanol–water partition coefficient (Wildman–Crippen LogP) is 3.47. The summed E-state index contributed by atoms with van der Waals surface area (Å²) < 4.78 is 5.67. The number of aliphatic carboxylic acids is 1. The molecule has 1 fully saturated rings. The van der Waals surface area contributed by atoms with Gasteiger partial charge in [-0.3, -0.25) is 4.79 Å². The normalized spacial score (nSPS) is 30.2. The predicted molar refractivity (Wildman–Crippen MR) is 68.0 cm³/mol. The van der Waals surface area contributed by atoms with Crippen molar-refractivity contribution in [3.63, 3.8) is 0 Å². The minimum Gasteiger partial charge on any atom is -0.481 e. The molecular formula is C14H26O3. The molecule has 0 aliphatic heterocycles. The maximum absolute atomic E-state index is 11.5.